The van der Waals surface area contributed by atoms with E-state index in [0.29, 0.717) is 6.04 Å². The Labute approximate surface area is 113 Å². The number of hydrogen-bond acceptors (Lipinski definition) is 1. The molecule has 17 heavy (non-hydrogen) atoms. The van der Waals surface area contributed by atoms with E-state index < -0.39 is 0 Å². The molecule has 1 fully saturated rings. The van der Waals surface area contributed by atoms with E-state index in [1.165, 1.54) is 42.1 Å². The van der Waals surface area contributed by atoms with Crippen LogP contribution in [-0.4, -0.2) is 6.54 Å². The van der Waals surface area contributed by atoms with Crippen molar-refractivity contribution in [3.63, 3.8) is 0 Å². The standard InChI is InChI=1S/C15H22BrN/c1-2-10-17-15(11-12-4-3-5-12)13-6-8-14(16)9-7-13/h6-9,12,15,17H,2-5,10-11H2,1H3. The topological polar surface area (TPSA) is 12.0 Å². The normalized spacial score (nSPS) is 17.8. The minimum Gasteiger partial charge on any atom is -0.310 e. The van der Waals surface area contributed by atoms with Crippen LogP contribution in [0.2, 0.25) is 0 Å². The maximum absolute atomic E-state index is 3.69. The van der Waals surface area contributed by atoms with E-state index in [0.717, 1.165) is 12.5 Å². The summed E-state index contributed by atoms with van der Waals surface area (Å²) in [5, 5.41) is 3.69. The van der Waals surface area contributed by atoms with Crippen LogP contribution in [0.4, 0.5) is 0 Å². The van der Waals surface area contributed by atoms with Gasteiger partial charge in [-0.2, -0.15) is 0 Å². The minimum absolute atomic E-state index is 0.549. The van der Waals surface area contributed by atoms with E-state index in [2.05, 4.69) is 52.4 Å². The molecule has 0 radical (unpaired) electrons. The Morgan fingerprint density at radius 3 is 2.53 bits per heavy atom. The van der Waals surface area contributed by atoms with Crippen molar-refractivity contribution in [2.75, 3.05) is 6.54 Å². The molecule has 0 aliphatic heterocycles. The third-order valence-electron chi connectivity index (χ3n) is 3.71. The fourth-order valence-corrected chi connectivity index (χ4v) is 2.68. The summed E-state index contributed by atoms with van der Waals surface area (Å²) in [5.41, 5.74) is 1.44. The number of nitrogens with one attached hydrogen (secondary N) is 1. The van der Waals surface area contributed by atoms with Crippen molar-refractivity contribution in [1.29, 1.82) is 0 Å². The molecule has 94 valence electrons. The Morgan fingerprint density at radius 1 is 1.29 bits per heavy atom. The molecule has 1 aliphatic rings. The molecule has 1 aromatic carbocycles. The smallest absolute Gasteiger partial charge is 0.0322 e. The molecule has 1 saturated carbocycles. The highest BCUT2D eigenvalue weighted by atomic mass is 79.9. The van der Waals surface area contributed by atoms with Crippen LogP contribution in [0.15, 0.2) is 28.7 Å². The third-order valence-corrected chi connectivity index (χ3v) is 4.24. The van der Waals surface area contributed by atoms with Gasteiger partial charge in [0.1, 0.15) is 0 Å². The fraction of sp³-hybridized carbons (Fsp3) is 0.600. The Balaban J connectivity index is 1.99. The van der Waals surface area contributed by atoms with Gasteiger partial charge in [0.15, 0.2) is 0 Å². The van der Waals surface area contributed by atoms with Gasteiger partial charge in [-0.3, -0.25) is 0 Å². The molecule has 2 heteroatoms. The molecule has 1 nitrogen and oxygen atoms in total. The second kappa shape index (κ2) is 6.55. The van der Waals surface area contributed by atoms with Crippen LogP contribution < -0.4 is 5.32 Å². The monoisotopic (exact) mass is 295 g/mol. The number of rotatable bonds is 6. The first kappa shape index (κ1) is 13.1. The van der Waals surface area contributed by atoms with Gasteiger partial charge in [0, 0.05) is 10.5 Å². The van der Waals surface area contributed by atoms with Gasteiger partial charge in [-0.05, 0) is 43.0 Å². The molecule has 0 spiro atoms. The van der Waals surface area contributed by atoms with Crippen molar-refractivity contribution >= 4 is 15.9 Å². The molecule has 0 heterocycles. The number of hydrogen-bond donors (Lipinski definition) is 1. The first-order valence-corrected chi connectivity index (χ1v) is 7.57. The van der Waals surface area contributed by atoms with Gasteiger partial charge in [-0.15, -0.1) is 0 Å². The maximum atomic E-state index is 3.69. The summed E-state index contributed by atoms with van der Waals surface area (Å²) in [4.78, 5) is 0. The number of benzene rings is 1. The quantitative estimate of drug-likeness (QED) is 0.803. The summed E-state index contributed by atoms with van der Waals surface area (Å²) in [6.07, 6.45) is 6.81. The van der Waals surface area contributed by atoms with Crippen molar-refractivity contribution in [2.24, 2.45) is 5.92 Å². The number of halogens is 1. The SMILES string of the molecule is CCCNC(CC1CCC1)c1ccc(Br)cc1. The fourth-order valence-electron chi connectivity index (χ4n) is 2.41. The molecular weight excluding hydrogens is 274 g/mol. The van der Waals surface area contributed by atoms with Gasteiger partial charge in [0.2, 0.25) is 0 Å². The van der Waals surface area contributed by atoms with Crippen molar-refractivity contribution in [3.8, 4) is 0 Å². The van der Waals surface area contributed by atoms with Gasteiger partial charge in [0.25, 0.3) is 0 Å². The molecule has 1 N–H and O–H groups in total. The van der Waals surface area contributed by atoms with Crippen molar-refractivity contribution in [3.05, 3.63) is 34.3 Å². The Hall–Kier alpha value is -0.340. The highest BCUT2D eigenvalue weighted by Crippen LogP contribution is 2.34. The molecule has 1 aromatic rings. The zero-order valence-corrected chi connectivity index (χ0v) is 12.2. The van der Waals surface area contributed by atoms with E-state index in [4.69, 9.17) is 0 Å². The summed E-state index contributed by atoms with van der Waals surface area (Å²) in [6, 6.07) is 9.34. The lowest BCUT2D eigenvalue weighted by Crippen LogP contribution is -2.26. The van der Waals surface area contributed by atoms with Gasteiger partial charge in [-0.1, -0.05) is 54.2 Å². The molecular formula is C15H22BrN. The van der Waals surface area contributed by atoms with E-state index in [1.807, 2.05) is 0 Å². The van der Waals surface area contributed by atoms with Crippen LogP contribution in [0.3, 0.4) is 0 Å². The predicted octanol–water partition coefficient (Wildman–Crippen LogP) is 4.68. The molecule has 0 saturated heterocycles. The van der Waals surface area contributed by atoms with Crippen LogP contribution >= 0.6 is 15.9 Å². The van der Waals surface area contributed by atoms with E-state index in [1.54, 1.807) is 0 Å². The van der Waals surface area contributed by atoms with Crippen molar-refractivity contribution < 1.29 is 0 Å². The summed E-state index contributed by atoms with van der Waals surface area (Å²) < 4.78 is 1.17. The summed E-state index contributed by atoms with van der Waals surface area (Å²) in [6.45, 7) is 3.35. The average Bonchev–Trinajstić information content (AvgIpc) is 2.28. The average molecular weight is 296 g/mol. The second-order valence-corrected chi connectivity index (χ2v) is 6.01. The van der Waals surface area contributed by atoms with Gasteiger partial charge >= 0.3 is 0 Å². The first-order valence-electron chi connectivity index (χ1n) is 6.78. The zero-order chi connectivity index (χ0) is 12.1. The van der Waals surface area contributed by atoms with Crippen LogP contribution in [0, 0.1) is 5.92 Å². The minimum atomic E-state index is 0.549. The van der Waals surface area contributed by atoms with Gasteiger partial charge in [0.05, 0.1) is 0 Å². The molecule has 0 bridgehead atoms. The zero-order valence-electron chi connectivity index (χ0n) is 10.6. The van der Waals surface area contributed by atoms with Crippen LogP contribution in [-0.2, 0) is 0 Å². The van der Waals surface area contributed by atoms with Crippen LogP contribution in [0.1, 0.15) is 50.6 Å². The summed E-state index contributed by atoms with van der Waals surface area (Å²) >= 11 is 3.50. The third kappa shape index (κ3) is 3.82. The van der Waals surface area contributed by atoms with E-state index in [9.17, 15) is 0 Å². The van der Waals surface area contributed by atoms with Gasteiger partial charge in [-0.25, -0.2) is 0 Å². The molecule has 1 aliphatic carbocycles. The highest BCUT2D eigenvalue weighted by Gasteiger charge is 2.22. The molecule has 0 aromatic heterocycles. The van der Waals surface area contributed by atoms with Crippen molar-refractivity contribution in [1.82, 2.24) is 5.32 Å². The molecule has 1 unspecified atom stereocenters. The lowest BCUT2D eigenvalue weighted by Gasteiger charge is -2.30. The van der Waals surface area contributed by atoms with Crippen molar-refractivity contribution in [2.45, 2.75) is 45.1 Å². The lowest BCUT2D eigenvalue weighted by molar-refractivity contribution is 0.261. The molecule has 1 atom stereocenters. The second-order valence-electron chi connectivity index (χ2n) is 5.09. The van der Waals surface area contributed by atoms with Crippen LogP contribution in [0.25, 0.3) is 0 Å². The van der Waals surface area contributed by atoms with Gasteiger partial charge < -0.3 is 5.32 Å². The van der Waals surface area contributed by atoms with E-state index >= 15 is 0 Å². The highest BCUT2D eigenvalue weighted by molar-refractivity contribution is 9.10. The predicted molar refractivity (Wildman–Crippen MR) is 77.1 cm³/mol. The van der Waals surface area contributed by atoms with Crippen LogP contribution in [0.5, 0.6) is 0 Å². The Bertz CT molecular complexity index is 329. The first-order chi connectivity index (χ1) is 8.29. The lowest BCUT2D eigenvalue weighted by atomic mass is 9.79. The summed E-state index contributed by atoms with van der Waals surface area (Å²) in [5.74, 6) is 0.952. The Morgan fingerprint density at radius 2 is 2.00 bits per heavy atom. The molecule has 0 amide bonds. The molecule has 2 rings (SSSR count). The maximum Gasteiger partial charge on any atom is 0.0322 e. The summed E-state index contributed by atoms with van der Waals surface area (Å²) in [7, 11) is 0. The van der Waals surface area contributed by atoms with E-state index in [-0.39, 0.29) is 0 Å². The largest absolute Gasteiger partial charge is 0.310 e. The Kier molecular flexibility index (Phi) is 5.05.